The van der Waals surface area contributed by atoms with Gasteiger partial charge in [0.1, 0.15) is 5.76 Å². The molecule has 29 heavy (non-hydrogen) atoms. The highest BCUT2D eigenvalue weighted by atomic mass is 16.5. The molecule has 0 aliphatic heterocycles. The molecule has 1 N–H and O–H groups in total. The van der Waals surface area contributed by atoms with Crippen molar-refractivity contribution in [3.63, 3.8) is 0 Å². The van der Waals surface area contributed by atoms with Crippen LogP contribution in [0.1, 0.15) is 60.9 Å². The van der Waals surface area contributed by atoms with Gasteiger partial charge in [-0.2, -0.15) is 0 Å². The molecule has 6 heteroatoms. The van der Waals surface area contributed by atoms with Crippen molar-refractivity contribution < 1.29 is 9.32 Å². The van der Waals surface area contributed by atoms with Crippen LogP contribution in [0.15, 0.2) is 28.9 Å². The number of pyridine rings is 1. The fraction of sp³-hybridized carbons (Fsp3) is 0.609. The molecule has 158 valence electrons. The third-order valence-corrected chi connectivity index (χ3v) is 6.26. The number of carbonyl (C=O) groups is 1. The average molecular weight is 399 g/mol. The standard InChI is InChI=1S/C23H34N4O2/c1-16-20(17(2)29-26-16)12-13-22(28)25-15-18-8-10-19(11-9-18)23(27(3)4)21-7-5-6-14-24-21/h5-7,14,18-19,23H,8-13,15H2,1-4H3,(H,25,28). The van der Waals surface area contributed by atoms with Crippen molar-refractivity contribution in [3.8, 4) is 0 Å². The van der Waals surface area contributed by atoms with Crippen molar-refractivity contribution >= 4 is 5.91 Å². The number of amides is 1. The van der Waals surface area contributed by atoms with Gasteiger partial charge >= 0.3 is 0 Å². The third-order valence-electron chi connectivity index (χ3n) is 6.26. The number of rotatable bonds is 8. The minimum Gasteiger partial charge on any atom is -0.361 e. The SMILES string of the molecule is Cc1noc(C)c1CCC(=O)NCC1CCC(C(c2ccccn2)N(C)C)CC1. The van der Waals surface area contributed by atoms with Crippen LogP contribution in [0.3, 0.4) is 0 Å². The van der Waals surface area contributed by atoms with Gasteiger partial charge < -0.3 is 14.7 Å². The van der Waals surface area contributed by atoms with Gasteiger partial charge in [-0.1, -0.05) is 11.2 Å². The fourth-order valence-electron chi connectivity index (χ4n) is 4.63. The average Bonchev–Trinajstić information content (AvgIpc) is 3.04. The number of nitrogens with zero attached hydrogens (tertiary/aromatic N) is 3. The molecule has 1 fully saturated rings. The van der Waals surface area contributed by atoms with E-state index < -0.39 is 0 Å². The van der Waals surface area contributed by atoms with Crippen LogP contribution in [0.25, 0.3) is 0 Å². The van der Waals surface area contributed by atoms with Crippen LogP contribution in [-0.2, 0) is 11.2 Å². The first-order chi connectivity index (χ1) is 14.0. The Kier molecular flexibility index (Phi) is 7.42. The Labute approximate surface area is 174 Å². The van der Waals surface area contributed by atoms with Crippen LogP contribution in [0.2, 0.25) is 0 Å². The Bertz CT molecular complexity index is 760. The Morgan fingerprint density at radius 2 is 2.00 bits per heavy atom. The molecular weight excluding hydrogens is 364 g/mol. The Balaban J connectivity index is 1.43. The smallest absolute Gasteiger partial charge is 0.220 e. The number of hydrogen-bond acceptors (Lipinski definition) is 5. The summed E-state index contributed by atoms with van der Waals surface area (Å²) in [5.74, 6) is 2.12. The highest BCUT2D eigenvalue weighted by molar-refractivity contribution is 5.76. The first-order valence-electron chi connectivity index (χ1n) is 10.7. The van der Waals surface area contributed by atoms with Crippen molar-refractivity contribution in [1.82, 2.24) is 20.4 Å². The molecule has 0 bridgehead atoms. The van der Waals surface area contributed by atoms with Gasteiger partial charge in [-0.3, -0.25) is 9.78 Å². The second-order valence-corrected chi connectivity index (χ2v) is 8.55. The molecule has 0 saturated heterocycles. The molecule has 1 saturated carbocycles. The monoisotopic (exact) mass is 398 g/mol. The van der Waals surface area contributed by atoms with Crippen LogP contribution in [0.5, 0.6) is 0 Å². The second-order valence-electron chi connectivity index (χ2n) is 8.55. The summed E-state index contributed by atoms with van der Waals surface area (Å²) in [5.41, 5.74) is 3.11. The molecule has 2 aromatic heterocycles. The maximum atomic E-state index is 12.3. The number of aromatic nitrogens is 2. The van der Waals surface area contributed by atoms with Gasteiger partial charge in [0.2, 0.25) is 5.91 Å². The molecule has 2 heterocycles. The molecule has 1 aliphatic carbocycles. The molecule has 2 aromatic rings. The predicted octanol–water partition coefficient (Wildman–Crippen LogP) is 3.84. The summed E-state index contributed by atoms with van der Waals surface area (Å²) in [4.78, 5) is 19.2. The van der Waals surface area contributed by atoms with E-state index in [0.717, 1.165) is 42.1 Å². The predicted molar refractivity (Wildman–Crippen MR) is 113 cm³/mol. The van der Waals surface area contributed by atoms with E-state index in [1.165, 1.54) is 12.8 Å². The normalized spacial score (nSPS) is 20.6. The lowest BCUT2D eigenvalue weighted by Crippen LogP contribution is -2.34. The summed E-state index contributed by atoms with van der Waals surface area (Å²) in [6, 6.07) is 6.54. The molecule has 0 spiro atoms. The summed E-state index contributed by atoms with van der Waals surface area (Å²) >= 11 is 0. The maximum Gasteiger partial charge on any atom is 0.220 e. The largest absolute Gasteiger partial charge is 0.361 e. The highest BCUT2D eigenvalue weighted by Gasteiger charge is 2.30. The van der Waals surface area contributed by atoms with Crippen molar-refractivity contribution in [2.24, 2.45) is 11.8 Å². The molecule has 3 rings (SSSR count). The molecule has 1 unspecified atom stereocenters. The van der Waals surface area contributed by atoms with Gasteiger partial charge in [0.25, 0.3) is 0 Å². The first-order valence-corrected chi connectivity index (χ1v) is 10.7. The van der Waals surface area contributed by atoms with Gasteiger partial charge in [0, 0.05) is 24.7 Å². The fourth-order valence-corrected chi connectivity index (χ4v) is 4.63. The lowest BCUT2D eigenvalue weighted by atomic mass is 9.77. The molecule has 1 amide bonds. The van der Waals surface area contributed by atoms with Crippen LogP contribution >= 0.6 is 0 Å². The molecule has 1 aliphatic rings. The van der Waals surface area contributed by atoms with Crippen molar-refractivity contribution in [1.29, 1.82) is 0 Å². The van der Waals surface area contributed by atoms with Gasteiger partial charge in [-0.25, -0.2) is 0 Å². The van der Waals surface area contributed by atoms with Gasteiger partial charge in [-0.05, 0) is 84.0 Å². The molecule has 0 aromatic carbocycles. The minimum absolute atomic E-state index is 0.117. The lowest BCUT2D eigenvalue weighted by Gasteiger charge is -2.37. The summed E-state index contributed by atoms with van der Waals surface area (Å²) in [6.45, 7) is 4.61. The number of nitrogens with one attached hydrogen (secondary N) is 1. The summed E-state index contributed by atoms with van der Waals surface area (Å²) in [6.07, 6.45) is 7.74. The topological polar surface area (TPSA) is 71.3 Å². The van der Waals surface area contributed by atoms with Gasteiger partial charge in [-0.15, -0.1) is 0 Å². The lowest BCUT2D eigenvalue weighted by molar-refractivity contribution is -0.121. The molecule has 6 nitrogen and oxygen atoms in total. The van der Waals surface area contributed by atoms with Crippen molar-refractivity contribution in [2.75, 3.05) is 20.6 Å². The van der Waals surface area contributed by atoms with E-state index in [-0.39, 0.29) is 5.91 Å². The van der Waals surface area contributed by atoms with Gasteiger partial charge in [0.05, 0.1) is 17.4 Å². The Morgan fingerprint density at radius 3 is 2.59 bits per heavy atom. The Morgan fingerprint density at radius 1 is 1.24 bits per heavy atom. The van der Waals surface area contributed by atoms with Crippen molar-refractivity contribution in [2.45, 2.75) is 58.4 Å². The van der Waals surface area contributed by atoms with Crippen LogP contribution in [-0.4, -0.2) is 41.6 Å². The summed E-state index contributed by atoms with van der Waals surface area (Å²) in [7, 11) is 4.29. The van der Waals surface area contributed by atoms with Crippen LogP contribution in [0.4, 0.5) is 0 Å². The van der Waals surface area contributed by atoms with Gasteiger partial charge in [0.15, 0.2) is 0 Å². The van der Waals surface area contributed by atoms with E-state index in [0.29, 0.717) is 30.7 Å². The zero-order valence-electron chi connectivity index (χ0n) is 18.1. The maximum absolute atomic E-state index is 12.3. The quantitative estimate of drug-likeness (QED) is 0.731. The van der Waals surface area contributed by atoms with E-state index in [1.54, 1.807) is 0 Å². The highest BCUT2D eigenvalue weighted by Crippen LogP contribution is 2.38. The van der Waals surface area contributed by atoms with E-state index in [4.69, 9.17) is 4.52 Å². The van der Waals surface area contributed by atoms with E-state index in [9.17, 15) is 4.79 Å². The zero-order valence-corrected chi connectivity index (χ0v) is 18.1. The zero-order chi connectivity index (χ0) is 20.8. The summed E-state index contributed by atoms with van der Waals surface area (Å²) in [5, 5.41) is 7.09. The van der Waals surface area contributed by atoms with E-state index in [1.807, 2.05) is 26.1 Å². The third kappa shape index (κ3) is 5.66. The number of hydrogen-bond donors (Lipinski definition) is 1. The van der Waals surface area contributed by atoms with E-state index >= 15 is 0 Å². The van der Waals surface area contributed by atoms with Crippen LogP contribution < -0.4 is 5.32 Å². The number of carbonyl (C=O) groups excluding carboxylic acids is 1. The van der Waals surface area contributed by atoms with Crippen LogP contribution in [0, 0.1) is 25.7 Å². The Hall–Kier alpha value is -2.21. The minimum atomic E-state index is 0.117. The van der Waals surface area contributed by atoms with E-state index in [2.05, 4.69) is 46.6 Å². The summed E-state index contributed by atoms with van der Waals surface area (Å²) < 4.78 is 5.17. The van der Waals surface area contributed by atoms with Crippen molar-refractivity contribution in [3.05, 3.63) is 47.1 Å². The molecular formula is C23H34N4O2. The molecule has 0 radical (unpaired) electrons. The first kappa shape index (κ1) is 21.5. The second kappa shape index (κ2) is 10.0. The number of aryl methyl sites for hydroxylation is 2. The molecule has 1 atom stereocenters.